The van der Waals surface area contributed by atoms with Crippen LogP contribution in [-0.2, 0) is 6.42 Å². The molecule has 0 fully saturated rings. The zero-order valence-corrected chi connectivity index (χ0v) is 13.8. The fourth-order valence-corrected chi connectivity index (χ4v) is 3.29. The second-order valence-electron chi connectivity index (χ2n) is 4.58. The largest absolute Gasteiger partial charge is 0.478 e. The van der Waals surface area contributed by atoms with Gasteiger partial charge >= 0.3 is 5.97 Å². The molecular formula is C15H14BrNO3S. The maximum Gasteiger partial charge on any atom is 0.335 e. The van der Waals surface area contributed by atoms with E-state index < -0.39 is 5.97 Å². The fraction of sp³-hybridized carbons (Fsp3) is 0.200. The van der Waals surface area contributed by atoms with Crippen LogP contribution in [0.25, 0.3) is 0 Å². The zero-order chi connectivity index (χ0) is 15.4. The van der Waals surface area contributed by atoms with Crippen LogP contribution in [0.2, 0.25) is 0 Å². The van der Waals surface area contributed by atoms with E-state index in [0.29, 0.717) is 17.8 Å². The Kier molecular flexibility index (Phi) is 5.14. The van der Waals surface area contributed by atoms with E-state index in [2.05, 4.69) is 21.2 Å². The van der Waals surface area contributed by atoms with Gasteiger partial charge in [0, 0.05) is 6.54 Å². The van der Waals surface area contributed by atoms with Gasteiger partial charge < -0.3 is 10.4 Å². The summed E-state index contributed by atoms with van der Waals surface area (Å²) in [6.07, 6.45) is 0.596. The summed E-state index contributed by atoms with van der Waals surface area (Å²) in [5.41, 5.74) is 2.19. The third kappa shape index (κ3) is 4.15. The molecule has 0 saturated carbocycles. The molecule has 0 spiro atoms. The lowest BCUT2D eigenvalue weighted by Gasteiger charge is -2.05. The first-order valence-corrected chi connectivity index (χ1v) is 7.94. The molecule has 2 aromatic rings. The minimum atomic E-state index is -0.945. The Morgan fingerprint density at radius 2 is 2.10 bits per heavy atom. The van der Waals surface area contributed by atoms with E-state index in [0.717, 1.165) is 14.9 Å². The highest BCUT2D eigenvalue weighted by Gasteiger charge is 2.10. The molecular weight excluding hydrogens is 354 g/mol. The van der Waals surface area contributed by atoms with Gasteiger partial charge in [0.25, 0.3) is 5.91 Å². The Morgan fingerprint density at radius 3 is 2.71 bits per heavy atom. The van der Waals surface area contributed by atoms with E-state index in [4.69, 9.17) is 5.11 Å². The smallest absolute Gasteiger partial charge is 0.335 e. The van der Waals surface area contributed by atoms with Gasteiger partial charge in [0.05, 0.1) is 14.2 Å². The van der Waals surface area contributed by atoms with Crippen LogP contribution in [0.5, 0.6) is 0 Å². The van der Waals surface area contributed by atoms with Gasteiger partial charge in [0.15, 0.2) is 0 Å². The molecule has 4 nitrogen and oxygen atoms in total. The summed E-state index contributed by atoms with van der Waals surface area (Å²) in [6.45, 7) is 2.41. The summed E-state index contributed by atoms with van der Waals surface area (Å²) < 4.78 is 0.960. The van der Waals surface area contributed by atoms with E-state index in [9.17, 15) is 9.59 Å². The first kappa shape index (κ1) is 15.7. The molecule has 0 aliphatic rings. The van der Waals surface area contributed by atoms with Crippen molar-refractivity contribution in [1.29, 1.82) is 0 Å². The highest BCUT2D eigenvalue weighted by molar-refractivity contribution is 9.11. The van der Waals surface area contributed by atoms with E-state index >= 15 is 0 Å². The Balaban J connectivity index is 1.91. The molecule has 1 amide bonds. The second kappa shape index (κ2) is 6.87. The number of carbonyl (C=O) groups is 2. The maximum absolute atomic E-state index is 12.0. The Hall–Kier alpha value is -1.66. The highest BCUT2D eigenvalue weighted by Crippen LogP contribution is 2.27. The minimum Gasteiger partial charge on any atom is -0.478 e. The Morgan fingerprint density at radius 1 is 1.33 bits per heavy atom. The van der Waals surface area contributed by atoms with E-state index in [1.165, 1.54) is 11.3 Å². The van der Waals surface area contributed by atoms with Crippen molar-refractivity contribution in [3.05, 3.63) is 55.7 Å². The average molecular weight is 368 g/mol. The molecule has 0 bridgehead atoms. The molecule has 0 saturated heterocycles. The number of hydrogen-bond donors (Lipinski definition) is 2. The van der Waals surface area contributed by atoms with Crippen molar-refractivity contribution in [3.63, 3.8) is 0 Å². The van der Waals surface area contributed by atoms with E-state index in [1.807, 2.05) is 19.1 Å². The fourth-order valence-electron chi connectivity index (χ4n) is 1.84. The lowest BCUT2D eigenvalue weighted by molar-refractivity contribution is 0.0696. The molecule has 0 aliphatic heterocycles. The van der Waals surface area contributed by atoms with Gasteiger partial charge in [0.1, 0.15) is 0 Å². The summed E-state index contributed by atoms with van der Waals surface area (Å²) in [5, 5.41) is 11.8. The summed E-state index contributed by atoms with van der Waals surface area (Å²) in [6, 6.07) is 8.58. The molecule has 2 N–H and O–H groups in total. The van der Waals surface area contributed by atoms with Crippen LogP contribution < -0.4 is 5.32 Å². The SMILES string of the molecule is Cc1cc(C(=O)NCCc2cccc(C(=O)O)c2)sc1Br. The number of nitrogens with one attached hydrogen (secondary N) is 1. The van der Waals surface area contributed by atoms with Crippen molar-refractivity contribution < 1.29 is 14.7 Å². The normalized spacial score (nSPS) is 10.4. The van der Waals surface area contributed by atoms with Gasteiger partial charge in [0.2, 0.25) is 0 Å². The average Bonchev–Trinajstić information content (AvgIpc) is 2.79. The van der Waals surface area contributed by atoms with Gasteiger partial charge in [-0.05, 0) is 58.6 Å². The van der Waals surface area contributed by atoms with E-state index in [1.54, 1.807) is 18.2 Å². The topological polar surface area (TPSA) is 66.4 Å². The minimum absolute atomic E-state index is 0.108. The highest BCUT2D eigenvalue weighted by atomic mass is 79.9. The van der Waals surface area contributed by atoms with Crippen molar-refractivity contribution in [2.24, 2.45) is 0 Å². The van der Waals surface area contributed by atoms with Crippen LogP contribution in [0, 0.1) is 6.92 Å². The zero-order valence-electron chi connectivity index (χ0n) is 11.4. The van der Waals surface area contributed by atoms with Gasteiger partial charge in [-0.3, -0.25) is 4.79 Å². The molecule has 0 aliphatic carbocycles. The molecule has 110 valence electrons. The lowest BCUT2D eigenvalue weighted by atomic mass is 10.1. The van der Waals surface area contributed by atoms with Gasteiger partial charge in [-0.15, -0.1) is 11.3 Å². The molecule has 1 aromatic heterocycles. The van der Waals surface area contributed by atoms with E-state index in [-0.39, 0.29) is 11.5 Å². The summed E-state index contributed by atoms with van der Waals surface area (Å²) in [4.78, 5) is 23.5. The number of carbonyl (C=O) groups excluding carboxylic acids is 1. The third-order valence-electron chi connectivity index (χ3n) is 2.95. The predicted octanol–water partition coefficient (Wildman–Crippen LogP) is 3.49. The number of hydrogen-bond acceptors (Lipinski definition) is 3. The standard InChI is InChI=1S/C15H14BrNO3S/c1-9-7-12(21-13(9)16)14(18)17-6-5-10-3-2-4-11(8-10)15(19)20/h2-4,7-8H,5-6H2,1H3,(H,17,18)(H,19,20). The van der Waals surface area contributed by atoms with Crippen molar-refractivity contribution in [1.82, 2.24) is 5.32 Å². The summed E-state index contributed by atoms with van der Waals surface area (Å²) in [5.74, 6) is -1.05. The molecule has 1 aromatic carbocycles. The van der Waals surface area contributed by atoms with Crippen LogP contribution in [0.1, 0.15) is 31.2 Å². The molecule has 0 radical (unpaired) electrons. The first-order chi connectivity index (χ1) is 9.97. The van der Waals surface area contributed by atoms with Crippen molar-refractivity contribution in [2.45, 2.75) is 13.3 Å². The lowest BCUT2D eigenvalue weighted by Crippen LogP contribution is -2.24. The van der Waals surface area contributed by atoms with Gasteiger partial charge in [-0.2, -0.15) is 0 Å². The van der Waals surface area contributed by atoms with Crippen LogP contribution in [0.15, 0.2) is 34.1 Å². The number of halogens is 1. The Labute approximate surface area is 134 Å². The summed E-state index contributed by atoms with van der Waals surface area (Å²) in [7, 11) is 0. The van der Waals surface area contributed by atoms with Crippen molar-refractivity contribution in [2.75, 3.05) is 6.54 Å². The third-order valence-corrected chi connectivity index (χ3v) is 5.09. The second-order valence-corrected chi connectivity index (χ2v) is 6.95. The van der Waals surface area contributed by atoms with Crippen molar-refractivity contribution >= 4 is 39.1 Å². The predicted molar refractivity (Wildman–Crippen MR) is 86.2 cm³/mol. The number of amides is 1. The monoisotopic (exact) mass is 367 g/mol. The van der Waals surface area contributed by atoms with Crippen LogP contribution in [0.3, 0.4) is 0 Å². The van der Waals surface area contributed by atoms with Crippen molar-refractivity contribution in [3.8, 4) is 0 Å². The number of thiophene rings is 1. The van der Waals surface area contributed by atoms with Crippen LogP contribution in [-0.4, -0.2) is 23.5 Å². The van der Waals surface area contributed by atoms with Crippen LogP contribution in [0.4, 0.5) is 0 Å². The van der Waals surface area contributed by atoms with Crippen LogP contribution >= 0.6 is 27.3 Å². The molecule has 21 heavy (non-hydrogen) atoms. The maximum atomic E-state index is 12.0. The summed E-state index contributed by atoms with van der Waals surface area (Å²) >= 11 is 4.80. The molecule has 2 rings (SSSR count). The number of aromatic carboxylic acids is 1. The number of carboxylic acids is 1. The molecule has 6 heteroatoms. The molecule has 0 atom stereocenters. The molecule has 1 heterocycles. The van der Waals surface area contributed by atoms with Gasteiger partial charge in [-0.25, -0.2) is 4.79 Å². The quantitative estimate of drug-likeness (QED) is 0.849. The number of carboxylic acid groups (broad SMARTS) is 1. The molecule has 0 unspecified atom stereocenters. The number of rotatable bonds is 5. The Bertz CT molecular complexity index is 662. The number of aryl methyl sites for hydroxylation is 1. The first-order valence-electron chi connectivity index (χ1n) is 6.33. The van der Waals surface area contributed by atoms with Gasteiger partial charge in [-0.1, -0.05) is 12.1 Å². The number of benzene rings is 1.